The molecule has 2 aromatic rings. The largest absolute Gasteiger partial charge is 0.359 e. The molecule has 1 aromatic heterocycles. The van der Waals surface area contributed by atoms with Crippen molar-refractivity contribution in [3.8, 4) is 17.9 Å². The minimum absolute atomic E-state index is 0.119. The Morgan fingerprint density at radius 1 is 1.23 bits per heavy atom. The number of benzene rings is 1. The van der Waals surface area contributed by atoms with Crippen LogP contribution >= 0.6 is 0 Å². The highest BCUT2D eigenvalue weighted by Crippen LogP contribution is 2.17. The molecule has 1 amide bonds. The van der Waals surface area contributed by atoms with E-state index in [2.05, 4.69) is 22.1 Å². The van der Waals surface area contributed by atoms with Crippen molar-refractivity contribution < 1.29 is 4.79 Å². The number of amides is 1. The quantitative estimate of drug-likeness (QED) is 0.869. The predicted octanol–water partition coefficient (Wildman–Crippen LogP) is 2.96. The standard InChI is InChI=1S/C21H20N4O/c1-16-13-17(6-8-19(16)21(26)25-11-2-3-12-25)5-4-10-23-20-9-7-18(14-22)15-24-20/h6-9,13,15H,2-3,10-12H2,1H3,(H,23,24). The topological polar surface area (TPSA) is 69.0 Å². The van der Waals surface area contributed by atoms with E-state index in [4.69, 9.17) is 5.26 Å². The molecule has 1 aliphatic heterocycles. The summed E-state index contributed by atoms with van der Waals surface area (Å²) in [7, 11) is 0. The highest BCUT2D eigenvalue weighted by molar-refractivity contribution is 5.96. The van der Waals surface area contributed by atoms with Crippen molar-refractivity contribution >= 4 is 11.7 Å². The van der Waals surface area contributed by atoms with Crippen molar-refractivity contribution in [3.63, 3.8) is 0 Å². The molecule has 0 spiro atoms. The van der Waals surface area contributed by atoms with Gasteiger partial charge in [0, 0.05) is 30.4 Å². The number of aromatic nitrogens is 1. The molecule has 3 rings (SSSR count). The summed E-state index contributed by atoms with van der Waals surface area (Å²) in [5.41, 5.74) is 3.13. The van der Waals surface area contributed by atoms with Crippen LogP contribution in [-0.2, 0) is 0 Å². The van der Waals surface area contributed by atoms with Crippen molar-refractivity contribution in [2.75, 3.05) is 25.0 Å². The molecular weight excluding hydrogens is 324 g/mol. The van der Waals surface area contributed by atoms with Crippen molar-refractivity contribution in [1.29, 1.82) is 5.26 Å². The molecule has 0 unspecified atom stereocenters. The molecular formula is C21H20N4O. The zero-order valence-electron chi connectivity index (χ0n) is 14.7. The third-order valence-electron chi connectivity index (χ3n) is 4.33. The average Bonchev–Trinajstić information content (AvgIpc) is 3.20. The van der Waals surface area contributed by atoms with Gasteiger partial charge in [0.25, 0.3) is 5.91 Å². The molecule has 0 aliphatic carbocycles. The van der Waals surface area contributed by atoms with Crippen LogP contribution in [0.3, 0.4) is 0 Å². The maximum Gasteiger partial charge on any atom is 0.254 e. The number of nitrogens with one attached hydrogen (secondary N) is 1. The molecule has 130 valence electrons. The second-order valence-corrected chi connectivity index (χ2v) is 6.23. The van der Waals surface area contributed by atoms with Gasteiger partial charge in [0.2, 0.25) is 0 Å². The fourth-order valence-corrected chi connectivity index (χ4v) is 2.92. The van der Waals surface area contributed by atoms with E-state index in [1.165, 1.54) is 6.20 Å². The monoisotopic (exact) mass is 344 g/mol. The number of hydrogen-bond donors (Lipinski definition) is 1. The molecule has 0 saturated carbocycles. The van der Waals surface area contributed by atoms with Gasteiger partial charge in [-0.25, -0.2) is 4.98 Å². The van der Waals surface area contributed by atoms with Crippen molar-refractivity contribution in [1.82, 2.24) is 9.88 Å². The molecule has 5 heteroatoms. The first kappa shape index (κ1) is 17.5. The molecule has 2 heterocycles. The van der Waals surface area contributed by atoms with Crippen LogP contribution in [0.2, 0.25) is 0 Å². The molecule has 0 bridgehead atoms. The van der Waals surface area contributed by atoms with Crippen LogP contribution in [-0.4, -0.2) is 35.4 Å². The van der Waals surface area contributed by atoms with Gasteiger partial charge in [-0.3, -0.25) is 4.79 Å². The molecule has 1 aromatic carbocycles. The summed E-state index contributed by atoms with van der Waals surface area (Å²) in [6.07, 6.45) is 3.71. The lowest BCUT2D eigenvalue weighted by molar-refractivity contribution is 0.0792. The molecule has 5 nitrogen and oxygen atoms in total. The lowest BCUT2D eigenvalue weighted by atomic mass is 10.0. The summed E-state index contributed by atoms with van der Waals surface area (Å²) in [4.78, 5) is 18.5. The van der Waals surface area contributed by atoms with Crippen LogP contribution < -0.4 is 5.32 Å². The Labute approximate surface area is 153 Å². The maximum absolute atomic E-state index is 12.5. The van der Waals surface area contributed by atoms with E-state index in [9.17, 15) is 4.79 Å². The molecule has 0 radical (unpaired) electrons. The number of hydrogen-bond acceptors (Lipinski definition) is 4. The van der Waals surface area contributed by atoms with Gasteiger partial charge in [-0.2, -0.15) is 5.26 Å². The summed E-state index contributed by atoms with van der Waals surface area (Å²) >= 11 is 0. The van der Waals surface area contributed by atoms with E-state index >= 15 is 0 Å². The van der Waals surface area contributed by atoms with Gasteiger partial charge in [-0.1, -0.05) is 11.8 Å². The first-order chi connectivity index (χ1) is 12.7. The number of anilines is 1. The van der Waals surface area contributed by atoms with Gasteiger partial charge in [0.1, 0.15) is 11.9 Å². The van der Waals surface area contributed by atoms with E-state index in [1.807, 2.05) is 36.1 Å². The number of likely N-dealkylation sites (tertiary alicyclic amines) is 1. The molecule has 26 heavy (non-hydrogen) atoms. The number of carbonyl (C=O) groups excluding carboxylic acids is 1. The van der Waals surface area contributed by atoms with E-state index in [1.54, 1.807) is 12.1 Å². The third-order valence-corrected chi connectivity index (χ3v) is 4.33. The first-order valence-corrected chi connectivity index (χ1v) is 8.66. The smallest absolute Gasteiger partial charge is 0.254 e. The summed E-state index contributed by atoms with van der Waals surface area (Å²) < 4.78 is 0. The fourth-order valence-electron chi connectivity index (χ4n) is 2.92. The minimum Gasteiger partial charge on any atom is -0.359 e. The number of aryl methyl sites for hydroxylation is 1. The highest BCUT2D eigenvalue weighted by Gasteiger charge is 2.20. The Morgan fingerprint density at radius 2 is 2.00 bits per heavy atom. The van der Waals surface area contributed by atoms with Crippen LogP contribution in [0.4, 0.5) is 5.82 Å². The minimum atomic E-state index is 0.119. The Kier molecular flexibility index (Phi) is 5.51. The third kappa shape index (κ3) is 4.20. The van der Waals surface area contributed by atoms with Gasteiger partial charge in [0.05, 0.1) is 12.1 Å². The van der Waals surface area contributed by atoms with Crippen LogP contribution in [0.15, 0.2) is 36.5 Å². The number of pyridine rings is 1. The lowest BCUT2D eigenvalue weighted by Crippen LogP contribution is -2.28. The average molecular weight is 344 g/mol. The van der Waals surface area contributed by atoms with E-state index in [0.29, 0.717) is 17.9 Å². The van der Waals surface area contributed by atoms with Crippen molar-refractivity contribution in [2.45, 2.75) is 19.8 Å². The van der Waals surface area contributed by atoms with Gasteiger partial charge in [-0.05, 0) is 55.7 Å². The molecule has 1 saturated heterocycles. The van der Waals surface area contributed by atoms with E-state index in [0.717, 1.165) is 42.6 Å². The van der Waals surface area contributed by atoms with Gasteiger partial charge in [0.15, 0.2) is 0 Å². The first-order valence-electron chi connectivity index (χ1n) is 8.66. The molecule has 1 aliphatic rings. The second kappa shape index (κ2) is 8.18. The molecule has 0 atom stereocenters. The van der Waals surface area contributed by atoms with Crippen LogP contribution in [0, 0.1) is 30.1 Å². The lowest BCUT2D eigenvalue weighted by Gasteiger charge is -2.16. The van der Waals surface area contributed by atoms with E-state index in [-0.39, 0.29) is 5.91 Å². The van der Waals surface area contributed by atoms with Crippen molar-refractivity contribution in [2.24, 2.45) is 0 Å². The fraction of sp³-hybridized carbons (Fsp3) is 0.286. The van der Waals surface area contributed by atoms with Gasteiger partial charge in [-0.15, -0.1) is 0 Å². The molecule has 1 fully saturated rings. The Balaban J connectivity index is 1.60. The number of nitriles is 1. The summed E-state index contributed by atoms with van der Waals surface area (Å²) in [5.74, 6) is 6.94. The Morgan fingerprint density at radius 3 is 2.65 bits per heavy atom. The van der Waals surface area contributed by atoms with Crippen LogP contribution in [0.1, 0.15) is 39.9 Å². The van der Waals surface area contributed by atoms with Gasteiger partial charge >= 0.3 is 0 Å². The Bertz CT molecular complexity index is 894. The SMILES string of the molecule is Cc1cc(C#CCNc2ccc(C#N)cn2)ccc1C(=O)N1CCCC1. The predicted molar refractivity (Wildman–Crippen MR) is 101 cm³/mol. The number of nitrogens with zero attached hydrogens (tertiary/aromatic N) is 3. The number of carbonyl (C=O) groups is 1. The zero-order chi connectivity index (χ0) is 18.4. The zero-order valence-corrected chi connectivity index (χ0v) is 14.7. The second-order valence-electron chi connectivity index (χ2n) is 6.23. The van der Waals surface area contributed by atoms with Crippen LogP contribution in [0.5, 0.6) is 0 Å². The summed E-state index contributed by atoms with van der Waals surface area (Å²) in [5, 5.41) is 11.8. The molecule has 1 N–H and O–H groups in total. The summed E-state index contributed by atoms with van der Waals surface area (Å²) in [6, 6.07) is 11.2. The van der Waals surface area contributed by atoms with Crippen LogP contribution in [0.25, 0.3) is 0 Å². The number of rotatable bonds is 3. The van der Waals surface area contributed by atoms with Crippen molar-refractivity contribution in [3.05, 3.63) is 58.8 Å². The highest BCUT2D eigenvalue weighted by atomic mass is 16.2. The van der Waals surface area contributed by atoms with E-state index < -0.39 is 0 Å². The normalized spacial score (nSPS) is 12.8. The maximum atomic E-state index is 12.5. The van der Waals surface area contributed by atoms with Gasteiger partial charge < -0.3 is 10.2 Å². The Hall–Kier alpha value is -3.31. The summed E-state index contributed by atoms with van der Waals surface area (Å²) in [6.45, 7) is 4.11.